The van der Waals surface area contributed by atoms with Gasteiger partial charge in [-0.25, -0.2) is 0 Å². The minimum atomic E-state index is 0.462. The Kier molecular flexibility index (Phi) is 4.83. The highest BCUT2D eigenvalue weighted by Gasteiger charge is 2.12. The Morgan fingerprint density at radius 2 is 2.18 bits per heavy atom. The molecule has 0 saturated carbocycles. The van der Waals surface area contributed by atoms with Crippen LogP contribution in [0.4, 0.5) is 5.69 Å². The first kappa shape index (κ1) is 12.4. The molecule has 1 atom stereocenters. The lowest BCUT2D eigenvalue weighted by atomic mass is 10.1. The molecular weight excluding hydrogens is 212 g/mol. The lowest BCUT2D eigenvalue weighted by Crippen LogP contribution is -2.25. The van der Waals surface area contributed by atoms with Gasteiger partial charge in [0.1, 0.15) is 0 Å². The molecule has 0 aromatic heterocycles. The van der Waals surface area contributed by atoms with Gasteiger partial charge in [-0.3, -0.25) is 0 Å². The van der Waals surface area contributed by atoms with Crippen LogP contribution in [0.25, 0.3) is 0 Å². The first-order valence-electron chi connectivity index (χ1n) is 6.52. The molecule has 1 aromatic rings. The molecule has 3 nitrogen and oxygen atoms in total. The fourth-order valence-electron chi connectivity index (χ4n) is 2.22. The van der Waals surface area contributed by atoms with Crippen molar-refractivity contribution in [2.45, 2.75) is 38.3 Å². The van der Waals surface area contributed by atoms with Crippen molar-refractivity contribution in [3.8, 4) is 0 Å². The van der Waals surface area contributed by atoms with E-state index in [2.05, 4.69) is 11.4 Å². The highest BCUT2D eigenvalue weighted by molar-refractivity contribution is 5.46. The Bertz CT molecular complexity index is 335. The van der Waals surface area contributed by atoms with E-state index >= 15 is 0 Å². The van der Waals surface area contributed by atoms with Crippen molar-refractivity contribution in [1.29, 1.82) is 0 Å². The lowest BCUT2D eigenvalue weighted by Gasteiger charge is -2.22. The summed E-state index contributed by atoms with van der Waals surface area (Å²) in [5.41, 5.74) is 7.93. The molecule has 1 saturated heterocycles. The fourth-order valence-corrected chi connectivity index (χ4v) is 2.22. The maximum Gasteiger partial charge on any atom is 0.0587 e. The van der Waals surface area contributed by atoms with Crippen LogP contribution in [0.1, 0.15) is 31.2 Å². The summed E-state index contributed by atoms with van der Waals surface area (Å²) >= 11 is 0. The van der Waals surface area contributed by atoms with Crippen LogP contribution in [0.3, 0.4) is 0 Å². The molecule has 2 rings (SSSR count). The molecule has 0 bridgehead atoms. The van der Waals surface area contributed by atoms with Gasteiger partial charge < -0.3 is 15.8 Å². The van der Waals surface area contributed by atoms with E-state index < -0.39 is 0 Å². The van der Waals surface area contributed by atoms with Gasteiger partial charge in [-0.15, -0.1) is 0 Å². The number of para-hydroxylation sites is 1. The third-order valence-electron chi connectivity index (χ3n) is 3.29. The molecule has 1 fully saturated rings. The first-order valence-corrected chi connectivity index (χ1v) is 6.52. The highest BCUT2D eigenvalue weighted by Crippen LogP contribution is 2.15. The van der Waals surface area contributed by atoms with Gasteiger partial charge in [0, 0.05) is 18.8 Å². The Hall–Kier alpha value is -1.06. The van der Waals surface area contributed by atoms with Crippen molar-refractivity contribution in [2.75, 3.05) is 18.9 Å². The molecule has 1 heterocycles. The zero-order chi connectivity index (χ0) is 11.9. The second-order valence-corrected chi connectivity index (χ2v) is 4.65. The molecule has 1 aromatic carbocycles. The molecule has 3 heteroatoms. The maximum absolute atomic E-state index is 5.88. The number of nitrogen functional groups attached to an aromatic ring is 1. The van der Waals surface area contributed by atoms with Crippen molar-refractivity contribution in [1.82, 2.24) is 5.32 Å². The average Bonchev–Trinajstić information content (AvgIpc) is 2.38. The predicted molar refractivity (Wildman–Crippen MR) is 70.8 cm³/mol. The van der Waals surface area contributed by atoms with E-state index in [1.165, 1.54) is 24.8 Å². The summed E-state index contributed by atoms with van der Waals surface area (Å²) in [7, 11) is 0. The molecule has 1 aliphatic rings. The lowest BCUT2D eigenvalue weighted by molar-refractivity contribution is 0.0115. The van der Waals surface area contributed by atoms with E-state index in [1.54, 1.807) is 0 Å². The topological polar surface area (TPSA) is 47.3 Å². The van der Waals surface area contributed by atoms with Gasteiger partial charge in [-0.2, -0.15) is 0 Å². The van der Waals surface area contributed by atoms with Gasteiger partial charge in [0.15, 0.2) is 0 Å². The van der Waals surface area contributed by atoms with E-state index in [4.69, 9.17) is 10.5 Å². The summed E-state index contributed by atoms with van der Waals surface area (Å²) in [6.07, 6.45) is 5.33. The van der Waals surface area contributed by atoms with Crippen molar-refractivity contribution in [3.05, 3.63) is 29.8 Å². The molecule has 0 amide bonds. The van der Waals surface area contributed by atoms with E-state index in [0.717, 1.165) is 31.8 Å². The molecule has 17 heavy (non-hydrogen) atoms. The third-order valence-corrected chi connectivity index (χ3v) is 3.29. The molecule has 3 N–H and O–H groups in total. The average molecular weight is 234 g/mol. The summed E-state index contributed by atoms with van der Waals surface area (Å²) < 4.78 is 5.69. The standard InChI is InChI=1S/C14H22N2O/c15-14-7-2-1-5-12(14)11-16-9-8-13-6-3-4-10-17-13/h1-2,5,7,13,16H,3-4,6,8-11,15H2. The minimum absolute atomic E-state index is 0.462. The zero-order valence-electron chi connectivity index (χ0n) is 10.3. The van der Waals surface area contributed by atoms with Crippen LogP contribution in [0, 0.1) is 0 Å². The Morgan fingerprint density at radius 3 is 2.94 bits per heavy atom. The summed E-state index contributed by atoms with van der Waals surface area (Å²) in [5, 5.41) is 3.43. The Balaban J connectivity index is 1.64. The number of anilines is 1. The number of nitrogens with two attached hydrogens (primary N) is 1. The van der Waals surface area contributed by atoms with Crippen LogP contribution in [0.15, 0.2) is 24.3 Å². The van der Waals surface area contributed by atoms with Crippen LogP contribution in [-0.2, 0) is 11.3 Å². The van der Waals surface area contributed by atoms with Crippen LogP contribution >= 0.6 is 0 Å². The van der Waals surface area contributed by atoms with E-state index in [-0.39, 0.29) is 0 Å². The fraction of sp³-hybridized carbons (Fsp3) is 0.571. The second-order valence-electron chi connectivity index (χ2n) is 4.65. The van der Waals surface area contributed by atoms with Gasteiger partial charge in [0.25, 0.3) is 0 Å². The minimum Gasteiger partial charge on any atom is -0.398 e. The van der Waals surface area contributed by atoms with Crippen LogP contribution in [0.5, 0.6) is 0 Å². The van der Waals surface area contributed by atoms with Crippen molar-refractivity contribution in [2.24, 2.45) is 0 Å². The van der Waals surface area contributed by atoms with Gasteiger partial charge in [-0.05, 0) is 43.9 Å². The van der Waals surface area contributed by atoms with E-state index in [1.807, 2.05) is 18.2 Å². The number of nitrogens with one attached hydrogen (secondary N) is 1. The van der Waals surface area contributed by atoms with Crippen molar-refractivity contribution < 1.29 is 4.74 Å². The third kappa shape index (κ3) is 4.02. The van der Waals surface area contributed by atoms with Crippen LogP contribution in [-0.4, -0.2) is 19.3 Å². The number of benzene rings is 1. The summed E-state index contributed by atoms with van der Waals surface area (Å²) in [5.74, 6) is 0. The van der Waals surface area contributed by atoms with E-state index in [9.17, 15) is 0 Å². The number of hydrogen-bond acceptors (Lipinski definition) is 3. The van der Waals surface area contributed by atoms with Gasteiger partial charge >= 0.3 is 0 Å². The molecule has 0 radical (unpaired) electrons. The van der Waals surface area contributed by atoms with Crippen molar-refractivity contribution in [3.63, 3.8) is 0 Å². The molecule has 1 aliphatic heterocycles. The number of hydrogen-bond donors (Lipinski definition) is 2. The molecule has 0 aliphatic carbocycles. The monoisotopic (exact) mass is 234 g/mol. The summed E-state index contributed by atoms with van der Waals surface area (Å²) in [4.78, 5) is 0. The highest BCUT2D eigenvalue weighted by atomic mass is 16.5. The van der Waals surface area contributed by atoms with Crippen LogP contribution < -0.4 is 11.1 Å². The number of ether oxygens (including phenoxy) is 1. The van der Waals surface area contributed by atoms with Gasteiger partial charge in [0.05, 0.1) is 6.10 Å². The largest absolute Gasteiger partial charge is 0.398 e. The van der Waals surface area contributed by atoms with E-state index in [0.29, 0.717) is 6.10 Å². The quantitative estimate of drug-likeness (QED) is 0.607. The Labute approximate surface area is 103 Å². The smallest absolute Gasteiger partial charge is 0.0587 e. The first-order chi connectivity index (χ1) is 8.36. The molecule has 94 valence electrons. The SMILES string of the molecule is Nc1ccccc1CNCCC1CCCCO1. The maximum atomic E-state index is 5.88. The van der Waals surface area contributed by atoms with Gasteiger partial charge in [-0.1, -0.05) is 18.2 Å². The predicted octanol–water partition coefficient (Wildman–Crippen LogP) is 2.32. The van der Waals surface area contributed by atoms with Crippen LogP contribution in [0.2, 0.25) is 0 Å². The zero-order valence-corrected chi connectivity index (χ0v) is 10.3. The van der Waals surface area contributed by atoms with Gasteiger partial charge in [0.2, 0.25) is 0 Å². The molecule has 0 spiro atoms. The normalized spacial score (nSPS) is 20.4. The molecule has 1 unspecified atom stereocenters. The summed E-state index contributed by atoms with van der Waals surface area (Å²) in [6, 6.07) is 8.01. The second kappa shape index (κ2) is 6.62. The summed E-state index contributed by atoms with van der Waals surface area (Å²) in [6.45, 7) is 2.79. The number of rotatable bonds is 5. The Morgan fingerprint density at radius 1 is 1.29 bits per heavy atom. The van der Waals surface area contributed by atoms with Crippen molar-refractivity contribution >= 4 is 5.69 Å². The molecular formula is C14H22N2O.